The van der Waals surface area contributed by atoms with Crippen molar-refractivity contribution in [2.45, 2.75) is 20.4 Å². The maximum atomic E-state index is 5.69. The molecule has 1 aromatic carbocycles. The lowest BCUT2D eigenvalue weighted by Gasteiger charge is -2.26. The Morgan fingerprint density at radius 1 is 1.19 bits per heavy atom. The van der Waals surface area contributed by atoms with Crippen LogP contribution < -0.4 is 10.1 Å². The molecule has 1 aromatic rings. The van der Waals surface area contributed by atoms with Crippen molar-refractivity contribution in [2.75, 3.05) is 46.0 Å². The van der Waals surface area contributed by atoms with Crippen molar-refractivity contribution in [3.8, 4) is 5.75 Å². The van der Waals surface area contributed by atoms with Crippen LogP contribution in [0.1, 0.15) is 19.4 Å². The Morgan fingerprint density at radius 2 is 1.90 bits per heavy atom. The summed E-state index contributed by atoms with van der Waals surface area (Å²) in [5.74, 6) is 1.52. The average Bonchev–Trinajstić information content (AvgIpc) is 2.52. The highest BCUT2D eigenvalue weighted by molar-refractivity contribution is 5.27. The van der Waals surface area contributed by atoms with Crippen LogP contribution in [0.15, 0.2) is 24.3 Å². The minimum atomic E-state index is 0.562. The summed E-state index contributed by atoms with van der Waals surface area (Å²) < 4.78 is 11.0. The van der Waals surface area contributed by atoms with E-state index in [2.05, 4.69) is 48.3 Å². The molecule has 0 aromatic heterocycles. The largest absolute Gasteiger partial charge is 0.493 e. The van der Waals surface area contributed by atoms with E-state index in [1.165, 1.54) is 5.56 Å². The van der Waals surface area contributed by atoms with Gasteiger partial charge in [0, 0.05) is 32.7 Å². The molecule has 1 fully saturated rings. The predicted molar refractivity (Wildman–Crippen MR) is 85.7 cm³/mol. The summed E-state index contributed by atoms with van der Waals surface area (Å²) in [5.41, 5.74) is 1.30. The number of morpholine rings is 1. The Bertz CT molecular complexity index is 386. The fraction of sp³-hybridized carbons (Fsp3) is 0.647. The van der Waals surface area contributed by atoms with Crippen molar-refractivity contribution in [1.29, 1.82) is 0 Å². The highest BCUT2D eigenvalue weighted by Crippen LogP contribution is 2.13. The summed E-state index contributed by atoms with van der Waals surface area (Å²) in [6, 6.07) is 8.39. The fourth-order valence-electron chi connectivity index (χ4n) is 2.26. The Labute approximate surface area is 128 Å². The van der Waals surface area contributed by atoms with E-state index in [9.17, 15) is 0 Å². The number of hydrogen-bond donors (Lipinski definition) is 1. The lowest BCUT2D eigenvalue weighted by atomic mass is 10.2. The Balaban J connectivity index is 1.61. The normalized spacial score (nSPS) is 16.3. The highest BCUT2D eigenvalue weighted by atomic mass is 16.5. The standard InChI is InChI=1S/C17H28N2O2/c1-15(2)14-21-17-5-3-16(4-6-17)13-18-7-8-19-9-11-20-12-10-19/h3-6,15,18H,7-14H2,1-2H3. The van der Waals surface area contributed by atoms with E-state index in [4.69, 9.17) is 9.47 Å². The van der Waals surface area contributed by atoms with Crippen molar-refractivity contribution in [2.24, 2.45) is 5.92 Å². The molecule has 2 rings (SSSR count). The van der Waals surface area contributed by atoms with Gasteiger partial charge in [-0.2, -0.15) is 0 Å². The minimum absolute atomic E-state index is 0.562. The fourth-order valence-corrected chi connectivity index (χ4v) is 2.26. The van der Waals surface area contributed by atoms with Crippen LogP contribution in [0.3, 0.4) is 0 Å². The first-order chi connectivity index (χ1) is 10.2. The summed E-state index contributed by atoms with van der Waals surface area (Å²) in [5, 5.41) is 3.50. The maximum Gasteiger partial charge on any atom is 0.119 e. The van der Waals surface area contributed by atoms with Crippen LogP contribution in [0.2, 0.25) is 0 Å². The highest BCUT2D eigenvalue weighted by Gasteiger charge is 2.08. The second-order valence-corrected chi connectivity index (χ2v) is 5.98. The molecule has 1 aliphatic rings. The molecule has 21 heavy (non-hydrogen) atoms. The smallest absolute Gasteiger partial charge is 0.119 e. The molecule has 0 radical (unpaired) electrons. The van der Waals surface area contributed by atoms with Crippen molar-refractivity contribution < 1.29 is 9.47 Å². The zero-order valence-corrected chi connectivity index (χ0v) is 13.3. The molecule has 0 spiro atoms. The van der Waals surface area contributed by atoms with Crippen LogP contribution in [-0.2, 0) is 11.3 Å². The molecule has 0 bridgehead atoms. The first-order valence-corrected chi connectivity index (χ1v) is 7.96. The third-order valence-electron chi connectivity index (χ3n) is 3.54. The van der Waals surface area contributed by atoms with E-state index in [0.29, 0.717) is 5.92 Å². The van der Waals surface area contributed by atoms with Gasteiger partial charge in [-0.25, -0.2) is 0 Å². The van der Waals surface area contributed by atoms with Gasteiger partial charge in [0.25, 0.3) is 0 Å². The van der Waals surface area contributed by atoms with E-state index < -0.39 is 0 Å². The second-order valence-electron chi connectivity index (χ2n) is 5.98. The van der Waals surface area contributed by atoms with Crippen molar-refractivity contribution in [3.05, 3.63) is 29.8 Å². The number of nitrogens with one attached hydrogen (secondary N) is 1. The Kier molecular flexibility index (Phi) is 7.00. The molecule has 4 nitrogen and oxygen atoms in total. The minimum Gasteiger partial charge on any atom is -0.493 e. The molecule has 118 valence electrons. The zero-order valence-electron chi connectivity index (χ0n) is 13.3. The van der Waals surface area contributed by atoms with Crippen LogP contribution in [0.25, 0.3) is 0 Å². The van der Waals surface area contributed by atoms with E-state index in [1.807, 2.05) is 0 Å². The van der Waals surface area contributed by atoms with Gasteiger partial charge in [-0.3, -0.25) is 4.90 Å². The van der Waals surface area contributed by atoms with Gasteiger partial charge >= 0.3 is 0 Å². The van der Waals surface area contributed by atoms with E-state index in [0.717, 1.165) is 58.3 Å². The van der Waals surface area contributed by atoms with Gasteiger partial charge in [0.05, 0.1) is 19.8 Å². The maximum absolute atomic E-state index is 5.69. The summed E-state index contributed by atoms with van der Waals surface area (Å²) in [4.78, 5) is 2.44. The first kappa shape index (κ1) is 16.3. The summed E-state index contributed by atoms with van der Waals surface area (Å²) in [6.45, 7) is 12.0. The number of nitrogens with zero attached hydrogens (tertiary/aromatic N) is 1. The van der Waals surface area contributed by atoms with Gasteiger partial charge < -0.3 is 14.8 Å². The van der Waals surface area contributed by atoms with E-state index >= 15 is 0 Å². The lowest BCUT2D eigenvalue weighted by molar-refractivity contribution is 0.0384. The van der Waals surface area contributed by atoms with Gasteiger partial charge in [-0.1, -0.05) is 26.0 Å². The zero-order chi connectivity index (χ0) is 14.9. The monoisotopic (exact) mass is 292 g/mol. The number of benzene rings is 1. The van der Waals surface area contributed by atoms with E-state index in [-0.39, 0.29) is 0 Å². The summed E-state index contributed by atoms with van der Waals surface area (Å²) in [7, 11) is 0. The SMILES string of the molecule is CC(C)COc1ccc(CNCCN2CCOCC2)cc1. The van der Waals surface area contributed by atoms with Crippen molar-refractivity contribution >= 4 is 0 Å². The van der Waals surface area contributed by atoms with Crippen LogP contribution in [0.5, 0.6) is 5.75 Å². The quantitative estimate of drug-likeness (QED) is 0.744. The van der Waals surface area contributed by atoms with Crippen molar-refractivity contribution in [3.63, 3.8) is 0 Å². The third-order valence-corrected chi connectivity index (χ3v) is 3.54. The van der Waals surface area contributed by atoms with Gasteiger partial charge in [0.1, 0.15) is 5.75 Å². The van der Waals surface area contributed by atoms with Crippen LogP contribution in [0, 0.1) is 5.92 Å². The lowest BCUT2D eigenvalue weighted by Crippen LogP contribution is -2.40. The molecule has 0 saturated carbocycles. The van der Waals surface area contributed by atoms with Gasteiger partial charge in [0.2, 0.25) is 0 Å². The molecule has 0 atom stereocenters. The summed E-state index contributed by atoms with van der Waals surface area (Å²) in [6.07, 6.45) is 0. The molecule has 0 aliphatic carbocycles. The molecule has 0 unspecified atom stereocenters. The van der Waals surface area contributed by atoms with Gasteiger partial charge in [-0.05, 0) is 23.6 Å². The first-order valence-electron chi connectivity index (χ1n) is 7.96. The number of ether oxygens (including phenoxy) is 2. The van der Waals surface area contributed by atoms with Gasteiger partial charge in [0.15, 0.2) is 0 Å². The Hall–Kier alpha value is -1.10. The Morgan fingerprint density at radius 3 is 2.57 bits per heavy atom. The molecule has 4 heteroatoms. The molecule has 0 amide bonds. The summed E-state index contributed by atoms with van der Waals surface area (Å²) >= 11 is 0. The number of hydrogen-bond acceptors (Lipinski definition) is 4. The van der Waals surface area contributed by atoms with Crippen LogP contribution >= 0.6 is 0 Å². The molecule has 1 heterocycles. The number of rotatable bonds is 8. The third kappa shape index (κ3) is 6.46. The predicted octanol–water partition coefficient (Wildman–Crippen LogP) is 2.14. The molecule has 1 N–H and O–H groups in total. The molecular formula is C17H28N2O2. The molecule has 1 aliphatic heterocycles. The average molecular weight is 292 g/mol. The van der Waals surface area contributed by atoms with Crippen LogP contribution in [0.4, 0.5) is 0 Å². The second kappa shape index (κ2) is 9.03. The van der Waals surface area contributed by atoms with Gasteiger partial charge in [-0.15, -0.1) is 0 Å². The van der Waals surface area contributed by atoms with E-state index in [1.54, 1.807) is 0 Å². The molecule has 1 saturated heterocycles. The topological polar surface area (TPSA) is 33.7 Å². The van der Waals surface area contributed by atoms with Crippen LogP contribution in [-0.4, -0.2) is 50.9 Å². The van der Waals surface area contributed by atoms with Crippen molar-refractivity contribution in [1.82, 2.24) is 10.2 Å². The molecular weight excluding hydrogens is 264 g/mol.